The number of anilines is 1. The Bertz CT molecular complexity index is 1850. The largest absolute Gasteiger partial charge is 1.00 e. The van der Waals surface area contributed by atoms with Gasteiger partial charge in [-0.25, -0.2) is 0 Å². The molecule has 0 aliphatic carbocycles. The Hall–Kier alpha value is -4.03. The molecule has 7 rings (SSSR count). The van der Waals surface area contributed by atoms with Crippen molar-refractivity contribution in [2.24, 2.45) is 5.10 Å². The minimum atomic E-state index is -0.0336. The Kier molecular flexibility index (Phi) is 7.58. The molecule has 2 aliphatic heterocycles. The van der Waals surface area contributed by atoms with Crippen LogP contribution in [0.15, 0.2) is 133 Å². The van der Waals surface area contributed by atoms with Gasteiger partial charge in [-0.1, -0.05) is 97.1 Å². The van der Waals surface area contributed by atoms with Crippen molar-refractivity contribution < 1.29 is 28.6 Å². The van der Waals surface area contributed by atoms with Gasteiger partial charge in [0.25, 0.3) is 0 Å². The highest BCUT2D eigenvalue weighted by Crippen LogP contribution is 2.40. The summed E-state index contributed by atoms with van der Waals surface area (Å²) in [6.07, 6.45) is 5.36. The average Bonchev–Trinajstić information content (AvgIpc) is 3.54. The number of para-hydroxylation sites is 1. The van der Waals surface area contributed by atoms with Gasteiger partial charge < -0.3 is 24.0 Å². The lowest BCUT2D eigenvalue weighted by Gasteiger charge is -2.24. The summed E-state index contributed by atoms with van der Waals surface area (Å²) in [5.41, 5.74) is 9.79. The standard InChI is InChI=1S/C38H34N3.HI/c1-38(2)33-15-9-10-16-35(33)40(3)37(38)24-19-27-17-22-32(23-18-27)41-36(29-12-5-4-6-13-29)26-34(39-41)31-21-20-28-11-7-8-14-30(28)25-31;/h4-25,36H,26H2,1-3H3;1H/q+1;/p-1. The van der Waals surface area contributed by atoms with Gasteiger partial charge in [0.1, 0.15) is 7.05 Å². The zero-order chi connectivity index (χ0) is 28.0. The lowest BCUT2D eigenvalue weighted by Crippen LogP contribution is -3.00. The summed E-state index contributed by atoms with van der Waals surface area (Å²) < 4.78 is 2.32. The molecule has 2 aliphatic rings. The number of allylic oxidation sites excluding steroid dienone is 1. The number of hydrogen-bond donors (Lipinski definition) is 0. The highest BCUT2D eigenvalue weighted by atomic mass is 127. The molecular formula is C38H34IN3. The van der Waals surface area contributed by atoms with Crippen molar-refractivity contribution in [1.29, 1.82) is 0 Å². The maximum absolute atomic E-state index is 5.20. The molecular weight excluding hydrogens is 625 g/mol. The second-order valence-corrected chi connectivity index (χ2v) is 11.6. The normalized spacial score (nSPS) is 17.5. The number of halogens is 1. The molecule has 0 bridgehead atoms. The highest BCUT2D eigenvalue weighted by Gasteiger charge is 2.42. The number of nitrogens with zero attached hydrogens (tertiary/aromatic N) is 3. The van der Waals surface area contributed by atoms with Crippen molar-refractivity contribution >= 4 is 39.6 Å². The minimum Gasteiger partial charge on any atom is -1.00 e. The van der Waals surface area contributed by atoms with Crippen LogP contribution in [0.5, 0.6) is 0 Å². The fraction of sp³-hybridized carbons (Fsp3) is 0.158. The number of hydrogen-bond acceptors (Lipinski definition) is 2. The lowest BCUT2D eigenvalue weighted by atomic mass is 9.81. The van der Waals surface area contributed by atoms with E-state index in [-0.39, 0.29) is 35.4 Å². The summed E-state index contributed by atoms with van der Waals surface area (Å²) >= 11 is 0. The quantitative estimate of drug-likeness (QED) is 0.170. The summed E-state index contributed by atoms with van der Waals surface area (Å²) in [6.45, 7) is 4.61. The number of benzene rings is 5. The molecule has 208 valence electrons. The van der Waals surface area contributed by atoms with Crippen molar-refractivity contribution in [2.45, 2.75) is 31.7 Å². The van der Waals surface area contributed by atoms with Crippen LogP contribution >= 0.6 is 0 Å². The first-order chi connectivity index (χ1) is 20.0. The molecule has 0 saturated carbocycles. The van der Waals surface area contributed by atoms with Gasteiger partial charge in [0.05, 0.1) is 22.9 Å². The van der Waals surface area contributed by atoms with Crippen molar-refractivity contribution in [2.75, 3.05) is 12.1 Å². The highest BCUT2D eigenvalue weighted by molar-refractivity contribution is 6.06. The lowest BCUT2D eigenvalue weighted by molar-refractivity contribution is -0.401. The van der Waals surface area contributed by atoms with E-state index in [4.69, 9.17) is 5.10 Å². The predicted octanol–water partition coefficient (Wildman–Crippen LogP) is 5.92. The molecule has 0 N–H and O–H groups in total. The monoisotopic (exact) mass is 659 g/mol. The fourth-order valence-electron chi connectivity index (χ4n) is 6.44. The van der Waals surface area contributed by atoms with Crippen molar-refractivity contribution in [1.82, 2.24) is 0 Å². The zero-order valence-electron chi connectivity index (χ0n) is 24.2. The van der Waals surface area contributed by atoms with Crippen LogP contribution < -0.4 is 29.0 Å². The Morgan fingerprint density at radius 2 is 1.45 bits per heavy atom. The minimum absolute atomic E-state index is 0. The first-order valence-electron chi connectivity index (χ1n) is 14.4. The van der Waals surface area contributed by atoms with Gasteiger partial charge in [-0.3, -0.25) is 5.01 Å². The molecule has 0 spiro atoms. The topological polar surface area (TPSA) is 18.6 Å². The maximum atomic E-state index is 5.20. The van der Waals surface area contributed by atoms with Gasteiger partial charge in [-0.15, -0.1) is 0 Å². The van der Waals surface area contributed by atoms with E-state index in [1.807, 2.05) is 0 Å². The fourth-order valence-corrected chi connectivity index (χ4v) is 6.44. The number of hydrazone groups is 1. The Morgan fingerprint density at radius 3 is 2.21 bits per heavy atom. The number of fused-ring (bicyclic) bond motifs is 2. The molecule has 0 aromatic heterocycles. The predicted molar refractivity (Wildman–Crippen MR) is 173 cm³/mol. The Labute approximate surface area is 265 Å². The van der Waals surface area contributed by atoms with Crippen LogP contribution in [0, 0.1) is 0 Å². The molecule has 0 saturated heterocycles. The Morgan fingerprint density at radius 1 is 0.762 bits per heavy atom. The van der Waals surface area contributed by atoms with Crippen LogP contribution in [-0.2, 0) is 5.41 Å². The zero-order valence-corrected chi connectivity index (χ0v) is 26.4. The van der Waals surface area contributed by atoms with Gasteiger partial charge in [-0.05, 0) is 65.6 Å². The van der Waals surface area contributed by atoms with Gasteiger partial charge in [-0.2, -0.15) is 9.68 Å². The Balaban J connectivity index is 0.00000316. The molecule has 1 unspecified atom stereocenters. The maximum Gasteiger partial charge on any atom is 0.209 e. The molecule has 2 heterocycles. The van der Waals surface area contributed by atoms with E-state index in [9.17, 15) is 0 Å². The SMILES string of the molecule is C[N+]1=C(C=Cc2ccc(N3N=C(c4ccc5ccccc5c4)CC3c3ccccc3)cc2)C(C)(C)c2ccccc21.[I-]. The first-order valence-corrected chi connectivity index (χ1v) is 14.4. The summed E-state index contributed by atoms with van der Waals surface area (Å²) in [5, 5.41) is 9.91. The van der Waals surface area contributed by atoms with Gasteiger partial charge in [0, 0.05) is 24.1 Å². The molecule has 4 heteroatoms. The third kappa shape index (κ3) is 4.98. The van der Waals surface area contributed by atoms with E-state index < -0.39 is 0 Å². The molecule has 0 fully saturated rings. The van der Waals surface area contributed by atoms with Crippen LogP contribution in [0.3, 0.4) is 0 Å². The summed E-state index contributed by atoms with van der Waals surface area (Å²) in [7, 11) is 2.17. The van der Waals surface area contributed by atoms with Crippen LogP contribution in [0.4, 0.5) is 11.4 Å². The second-order valence-electron chi connectivity index (χ2n) is 11.6. The van der Waals surface area contributed by atoms with E-state index in [2.05, 4.69) is 164 Å². The van der Waals surface area contributed by atoms with E-state index in [0.29, 0.717) is 0 Å². The summed E-state index contributed by atoms with van der Waals surface area (Å²) in [6, 6.07) is 43.6. The third-order valence-corrected chi connectivity index (χ3v) is 8.71. The molecule has 5 aromatic rings. The molecule has 0 radical (unpaired) electrons. The van der Waals surface area contributed by atoms with Crippen molar-refractivity contribution in [3.63, 3.8) is 0 Å². The van der Waals surface area contributed by atoms with Gasteiger partial charge in [0.15, 0.2) is 5.71 Å². The van der Waals surface area contributed by atoms with E-state index in [1.165, 1.54) is 44.4 Å². The van der Waals surface area contributed by atoms with Gasteiger partial charge >= 0.3 is 0 Å². The van der Waals surface area contributed by atoms with E-state index >= 15 is 0 Å². The second kappa shape index (κ2) is 11.3. The molecule has 3 nitrogen and oxygen atoms in total. The van der Waals surface area contributed by atoms with Crippen LogP contribution in [0.25, 0.3) is 16.8 Å². The molecule has 5 aromatic carbocycles. The summed E-state index contributed by atoms with van der Waals surface area (Å²) in [5.74, 6) is 0. The molecule has 0 amide bonds. The van der Waals surface area contributed by atoms with Crippen molar-refractivity contribution in [3.05, 3.63) is 150 Å². The third-order valence-electron chi connectivity index (χ3n) is 8.71. The molecule has 1 atom stereocenters. The van der Waals surface area contributed by atoms with E-state index in [1.54, 1.807) is 0 Å². The number of rotatable bonds is 5. The first kappa shape index (κ1) is 28.1. The smallest absolute Gasteiger partial charge is 0.209 e. The van der Waals surface area contributed by atoms with Crippen LogP contribution in [0.1, 0.15) is 48.6 Å². The van der Waals surface area contributed by atoms with Gasteiger partial charge in [0.2, 0.25) is 5.69 Å². The van der Waals surface area contributed by atoms with Crippen molar-refractivity contribution in [3.8, 4) is 0 Å². The van der Waals surface area contributed by atoms with Crippen LogP contribution in [-0.4, -0.2) is 23.0 Å². The molecule has 42 heavy (non-hydrogen) atoms. The average molecular weight is 660 g/mol. The van der Waals surface area contributed by atoms with Crippen LogP contribution in [0.2, 0.25) is 0 Å². The van der Waals surface area contributed by atoms with E-state index in [0.717, 1.165) is 17.8 Å². The summed E-state index contributed by atoms with van der Waals surface area (Å²) in [4.78, 5) is 0.